The van der Waals surface area contributed by atoms with E-state index in [4.69, 9.17) is 4.74 Å². The Balaban J connectivity index is 2.30. The van der Waals surface area contributed by atoms with Crippen molar-refractivity contribution in [1.29, 1.82) is 0 Å². The van der Waals surface area contributed by atoms with Gasteiger partial charge in [-0.15, -0.1) is 0 Å². The van der Waals surface area contributed by atoms with E-state index in [0.717, 1.165) is 23.3 Å². The molecule has 29 heavy (non-hydrogen) atoms. The van der Waals surface area contributed by atoms with E-state index < -0.39 is 0 Å². The number of aromatic hydroxyl groups is 1. The molecule has 2 heteroatoms. The van der Waals surface area contributed by atoms with E-state index in [1.54, 1.807) is 0 Å². The van der Waals surface area contributed by atoms with Crippen molar-refractivity contribution in [2.45, 2.75) is 86.2 Å². The summed E-state index contributed by atoms with van der Waals surface area (Å²) in [4.78, 5) is 0. The van der Waals surface area contributed by atoms with Crippen LogP contribution in [0, 0.1) is 32.6 Å². The summed E-state index contributed by atoms with van der Waals surface area (Å²) in [6.45, 7) is 19.8. The predicted octanol–water partition coefficient (Wildman–Crippen LogP) is 7.41. The van der Waals surface area contributed by atoms with Crippen molar-refractivity contribution in [1.82, 2.24) is 0 Å². The smallest absolute Gasteiger partial charge is 0.127 e. The second-order valence-electron chi connectivity index (χ2n) is 10.4. The van der Waals surface area contributed by atoms with Crippen LogP contribution in [0.5, 0.6) is 11.5 Å². The van der Waals surface area contributed by atoms with Crippen molar-refractivity contribution in [3.8, 4) is 11.5 Å². The second-order valence-corrected chi connectivity index (χ2v) is 10.4. The van der Waals surface area contributed by atoms with Crippen LogP contribution in [-0.2, 0) is 0 Å². The summed E-state index contributed by atoms with van der Waals surface area (Å²) in [5.74, 6) is 2.91. The minimum atomic E-state index is -0.196. The molecule has 2 aromatic rings. The van der Waals surface area contributed by atoms with Crippen molar-refractivity contribution < 1.29 is 9.84 Å². The Morgan fingerprint density at radius 3 is 2.10 bits per heavy atom. The van der Waals surface area contributed by atoms with Gasteiger partial charge < -0.3 is 9.84 Å². The first-order valence-corrected chi connectivity index (χ1v) is 11.0. The summed E-state index contributed by atoms with van der Waals surface area (Å²) in [5, 5.41) is 11.0. The molecule has 2 atom stereocenters. The average molecular weight is 395 g/mol. The number of ether oxygens (including phenoxy) is 1. The Hall–Kier alpha value is -1.96. The van der Waals surface area contributed by atoms with Crippen LogP contribution in [0.2, 0.25) is 0 Å². The van der Waals surface area contributed by atoms with Gasteiger partial charge in [-0.3, -0.25) is 0 Å². The van der Waals surface area contributed by atoms with E-state index in [9.17, 15) is 5.11 Å². The van der Waals surface area contributed by atoms with E-state index in [0.29, 0.717) is 23.5 Å². The lowest BCUT2D eigenvalue weighted by molar-refractivity contribution is 0.0621. The van der Waals surface area contributed by atoms with E-state index in [1.807, 2.05) is 6.92 Å². The van der Waals surface area contributed by atoms with Crippen molar-refractivity contribution in [3.05, 3.63) is 57.6 Å². The maximum absolute atomic E-state index is 11.0. The molecule has 0 bridgehead atoms. The van der Waals surface area contributed by atoms with Gasteiger partial charge in [0.25, 0.3) is 0 Å². The van der Waals surface area contributed by atoms with Crippen molar-refractivity contribution in [2.75, 3.05) is 0 Å². The largest absolute Gasteiger partial charge is 0.507 e. The van der Waals surface area contributed by atoms with Crippen LogP contribution in [-0.4, -0.2) is 10.7 Å². The molecule has 1 aliphatic rings. The summed E-state index contributed by atoms with van der Waals surface area (Å²) < 4.78 is 6.66. The van der Waals surface area contributed by atoms with E-state index in [1.165, 1.54) is 22.3 Å². The quantitative estimate of drug-likeness (QED) is 0.585. The van der Waals surface area contributed by atoms with E-state index in [2.05, 4.69) is 79.7 Å². The zero-order valence-electron chi connectivity index (χ0n) is 19.7. The summed E-state index contributed by atoms with van der Waals surface area (Å²) in [6, 6.07) is 8.79. The number of hydrogen-bond acceptors (Lipinski definition) is 2. The minimum absolute atomic E-state index is 0.0870. The van der Waals surface area contributed by atoms with Crippen LogP contribution in [0.4, 0.5) is 0 Å². The number of phenolic OH excluding ortho intramolecular Hbond substituents is 1. The number of hydrogen-bond donors (Lipinski definition) is 1. The predicted molar refractivity (Wildman–Crippen MR) is 122 cm³/mol. The van der Waals surface area contributed by atoms with E-state index >= 15 is 0 Å². The molecule has 0 saturated carbocycles. The normalized spacial score (nSPS) is 19.2. The zero-order chi connectivity index (χ0) is 21.7. The first-order chi connectivity index (χ1) is 13.4. The lowest BCUT2D eigenvalue weighted by Gasteiger charge is -2.42. The van der Waals surface area contributed by atoms with Gasteiger partial charge in [0, 0.05) is 17.0 Å². The Morgan fingerprint density at radius 2 is 1.52 bits per heavy atom. The molecule has 1 heterocycles. The number of rotatable bonds is 4. The van der Waals surface area contributed by atoms with Gasteiger partial charge in [0.2, 0.25) is 0 Å². The highest BCUT2D eigenvalue weighted by Crippen LogP contribution is 2.51. The van der Waals surface area contributed by atoms with Gasteiger partial charge in [-0.2, -0.15) is 0 Å². The highest BCUT2D eigenvalue weighted by atomic mass is 16.5. The first-order valence-electron chi connectivity index (χ1n) is 11.0. The van der Waals surface area contributed by atoms with Crippen LogP contribution in [0.1, 0.15) is 93.2 Å². The molecule has 0 amide bonds. The Kier molecular flexibility index (Phi) is 5.77. The van der Waals surface area contributed by atoms with Gasteiger partial charge in [0.1, 0.15) is 17.1 Å². The molecule has 3 rings (SSSR count). The molecule has 0 radical (unpaired) electrons. The fourth-order valence-corrected chi connectivity index (χ4v) is 5.12. The number of aryl methyl sites for hydroxylation is 3. The van der Waals surface area contributed by atoms with Crippen LogP contribution in [0.15, 0.2) is 24.3 Å². The SMILES string of the molecule is Cc1cc(C)c(O)c(C(c2cc(C)cc3c2OC(C)(C)CC3C(C)C)C(C)C)c1. The fourth-order valence-electron chi connectivity index (χ4n) is 5.12. The molecule has 0 fully saturated rings. The summed E-state index contributed by atoms with van der Waals surface area (Å²) >= 11 is 0. The highest BCUT2D eigenvalue weighted by molar-refractivity contribution is 5.56. The number of phenols is 1. The van der Waals surface area contributed by atoms with Crippen LogP contribution >= 0.6 is 0 Å². The van der Waals surface area contributed by atoms with Gasteiger partial charge >= 0.3 is 0 Å². The third kappa shape index (κ3) is 4.17. The maximum Gasteiger partial charge on any atom is 0.127 e. The topological polar surface area (TPSA) is 29.5 Å². The molecule has 0 aliphatic carbocycles. The molecular weight excluding hydrogens is 356 g/mol. The van der Waals surface area contributed by atoms with E-state index in [-0.39, 0.29) is 11.5 Å². The lowest BCUT2D eigenvalue weighted by Crippen LogP contribution is -2.37. The molecule has 1 aliphatic heterocycles. The standard InChI is InChI=1S/C27H38O2/c1-15(2)23-14-27(8,9)29-26-20(23)11-18(6)13-22(26)24(16(3)4)21-12-17(5)10-19(7)25(21)28/h10-13,15-16,23-24,28H,14H2,1-9H3. The molecular formula is C27H38O2. The molecule has 0 saturated heterocycles. The highest BCUT2D eigenvalue weighted by Gasteiger charge is 2.38. The first kappa shape index (κ1) is 21.7. The van der Waals surface area contributed by atoms with Gasteiger partial charge in [-0.25, -0.2) is 0 Å². The molecule has 158 valence electrons. The van der Waals surface area contributed by atoms with Gasteiger partial charge in [0.15, 0.2) is 0 Å². The zero-order valence-corrected chi connectivity index (χ0v) is 19.7. The third-order valence-corrected chi connectivity index (χ3v) is 6.40. The number of fused-ring (bicyclic) bond motifs is 1. The Morgan fingerprint density at radius 1 is 0.931 bits per heavy atom. The molecule has 0 aromatic heterocycles. The monoisotopic (exact) mass is 394 g/mol. The summed E-state index contributed by atoms with van der Waals surface area (Å²) in [6.07, 6.45) is 1.03. The van der Waals surface area contributed by atoms with Crippen LogP contribution in [0.25, 0.3) is 0 Å². The summed E-state index contributed by atoms with van der Waals surface area (Å²) in [7, 11) is 0. The third-order valence-electron chi connectivity index (χ3n) is 6.40. The van der Waals surface area contributed by atoms with Crippen molar-refractivity contribution in [2.24, 2.45) is 11.8 Å². The average Bonchev–Trinajstić information content (AvgIpc) is 2.58. The fraction of sp³-hybridized carbons (Fsp3) is 0.556. The molecule has 1 N–H and O–H groups in total. The van der Waals surface area contributed by atoms with Gasteiger partial charge in [-0.1, -0.05) is 63.1 Å². The molecule has 2 aromatic carbocycles. The second kappa shape index (κ2) is 7.70. The number of benzene rings is 2. The maximum atomic E-state index is 11.0. The Bertz CT molecular complexity index is 905. The van der Waals surface area contributed by atoms with Crippen molar-refractivity contribution in [3.63, 3.8) is 0 Å². The van der Waals surface area contributed by atoms with Crippen LogP contribution in [0.3, 0.4) is 0 Å². The lowest BCUT2D eigenvalue weighted by atomic mass is 9.73. The van der Waals surface area contributed by atoms with Gasteiger partial charge in [-0.05, 0) is 69.9 Å². The molecule has 2 unspecified atom stereocenters. The van der Waals surface area contributed by atoms with Crippen molar-refractivity contribution >= 4 is 0 Å². The summed E-state index contributed by atoms with van der Waals surface area (Å²) in [5.41, 5.74) is 6.76. The Labute approximate surface area is 177 Å². The van der Waals surface area contributed by atoms with Crippen LogP contribution < -0.4 is 4.74 Å². The molecule has 0 spiro atoms. The minimum Gasteiger partial charge on any atom is -0.507 e. The molecule has 2 nitrogen and oxygen atoms in total. The van der Waals surface area contributed by atoms with Gasteiger partial charge in [0.05, 0.1) is 0 Å².